The van der Waals surface area contributed by atoms with Crippen LogP contribution in [-0.2, 0) is 11.8 Å². The van der Waals surface area contributed by atoms with Gasteiger partial charge in [0.2, 0.25) is 0 Å². The van der Waals surface area contributed by atoms with Crippen LogP contribution >= 0.6 is 0 Å². The van der Waals surface area contributed by atoms with Gasteiger partial charge >= 0.3 is 0 Å². The Morgan fingerprint density at radius 2 is 2.04 bits per heavy atom. The minimum atomic E-state index is -0.345. The molecule has 0 unspecified atom stereocenters. The summed E-state index contributed by atoms with van der Waals surface area (Å²) in [4.78, 5) is 14.9. The molecule has 4 rings (SSSR count). The molecular formula is C20H22FN5O2. The van der Waals surface area contributed by atoms with Crippen LogP contribution in [0.1, 0.15) is 33.5 Å². The molecule has 1 atom stereocenters. The second kappa shape index (κ2) is 7.20. The first kappa shape index (κ1) is 18.4. The lowest BCUT2D eigenvalue weighted by Crippen LogP contribution is -2.44. The van der Waals surface area contributed by atoms with Crippen molar-refractivity contribution in [1.82, 2.24) is 24.5 Å². The fraction of sp³-hybridized carbons (Fsp3) is 0.350. The van der Waals surface area contributed by atoms with E-state index in [1.54, 1.807) is 51.8 Å². The van der Waals surface area contributed by atoms with E-state index in [1.165, 1.54) is 6.07 Å². The molecule has 0 aliphatic carbocycles. The van der Waals surface area contributed by atoms with Gasteiger partial charge in [0.25, 0.3) is 5.91 Å². The molecule has 2 aromatic heterocycles. The van der Waals surface area contributed by atoms with Crippen molar-refractivity contribution in [3.63, 3.8) is 0 Å². The van der Waals surface area contributed by atoms with Crippen molar-refractivity contribution in [3.8, 4) is 5.69 Å². The maximum absolute atomic E-state index is 14.3. The molecule has 3 aromatic rings. The first-order chi connectivity index (χ1) is 13.5. The molecule has 146 valence electrons. The van der Waals surface area contributed by atoms with Gasteiger partial charge < -0.3 is 9.64 Å². The molecule has 0 radical (unpaired) electrons. The predicted molar refractivity (Wildman–Crippen MR) is 101 cm³/mol. The lowest BCUT2D eigenvalue weighted by Gasteiger charge is -2.36. The maximum atomic E-state index is 14.3. The van der Waals surface area contributed by atoms with E-state index in [9.17, 15) is 9.18 Å². The summed E-state index contributed by atoms with van der Waals surface area (Å²) in [5.41, 5.74) is 3.33. The van der Waals surface area contributed by atoms with Crippen LogP contribution in [0.4, 0.5) is 4.39 Å². The number of halogens is 1. The van der Waals surface area contributed by atoms with Crippen molar-refractivity contribution in [2.75, 3.05) is 19.8 Å². The highest BCUT2D eigenvalue weighted by atomic mass is 19.1. The lowest BCUT2D eigenvalue weighted by molar-refractivity contribution is -0.00360. The van der Waals surface area contributed by atoms with Crippen LogP contribution in [0.15, 0.2) is 36.5 Å². The van der Waals surface area contributed by atoms with E-state index >= 15 is 0 Å². The number of hydrogen-bond acceptors (Lipinski definition) is 4. The Morgan fingerprint density at radius 3 is 2.75 bits per heavy atom. The molecule has 1 aliphatic heterocycles. The summed E-state index contributed by atoms with van der Waals surface area (Å²) in [6, 6.07) is 7.93. The Bertz CT molecular complexity index is 1030. The van der Waals surface area contributed by atoms with Gasteiger partial charge in [-0.1, -0.05) is 12.1 Å². The number of aryl methyl sites for hydroxylation is 2. The fourth-order valence-corrected chi connectivity index (χ4v) is 3.81. The van der Waals surface area contributed by atoms with Gasteiger partial charge in [0.1, 0.15) is 17.2 Å². The van der Waals surface area contributed by atoms with Crippen LogP contribution in [0, 0.1) is 19.7 Å². The molecule has 3 heterocycles. The number of carbonyl (C=O) groups is 1. The summed E-state index contributed by atoms with van der Waals surface area (Å²) in [6.07, 6.45) is 1.61. The van der Waals surface area contributed by atoms with Crippen molar-refractivity contribution in [1.29, 1.82) is 0 Å². The van der Waals surface area contributed by atoms with E-state index in [-0.39, 0.29) is 17.8 Å². The van der Waals surface area contributed by atoms with E-state index in [0.29, 0.717) is 31.1 Å². The summed E-state index contributed by atoms with van der Waals surface area (Å²) in [5, 5.41) is 8.65. The van der Waals surface area contributed by atoms with Crippen LogP contribution in [0.3, 0.4) is 0 Å². The first-order valence-electron chi connectivity index (χ1n) is 9.16. The minimum absolute atomic E-state index is 0.106. The van der Waals surface area contributed by atoms with Gasteiger partial charge in [-0.2, -0.15) is 10.2 Å². The van der Waals surface area contributed by atoms with Crippen LogP contribution < -0.4 is 0 Å². The quantitative estimate of drug-likeness (QED) is 0.697. The van der Waals surface area contributed by atoms with Crippen molar-refractivity contribution in [3.05, 3.63) is 65.0 Å². The highest BCUT2D eigenvalue weighted by Crippen LogP contribution is 2.32. The van der Waals surface area contributed by atoms with Gasteiger partial charge in [-0.25, -0.2) is 9.07 Å². The van der Waals surface area contributed by atoms with Crippen molar-refractivity contribution in [2.24, 2.45) is 7.05 Å². The number of aromatic nitrogens is 4. The van der Waals surface area contributed by atoms with Gasteiger partial charge in [-0.15, -0.1) is 0 Å². The largest absolute Gasteiger partial charge is 0.377 e. The summed E-state index contributed by atoms with van der Waals surface area (Å²) in [5.74, 6) is -0.451. The third-order valence-electron chi connectivity index (χ3n) is 5.19. The van der Waals surface area contributed by atoms with Gasteiger partial charge in [-0.05, 0) is 32.0 Å². The molecule has 28 heavy (non-hydrogen) atoms. The topological polar surface area (TPSA) is 65.2 Å². The van der Waals surface area contributed by atoms with Crippen LogP contribution in [0.5, 0.6) is 0 Å². The second-order valence-corrected chi connectivity index (χ2v) is 6.88. The molecule has 0 spiro atoms. The van der Waals surface area contributed by atoms with Crippen molar-refractivity contribution in [2.45, 2.75) is 19.9 Å². The zero-order chi connectivity index (χ0) is 19.8. The number of para-hydroxylation sites is 1. The van der Waals surface area contributed by atoms with Crippen LogP contribution in [0.2, 0.25) is 0 Å². The summed E-state index contributed by atoms with van der Waals surface area (Å²) >= 11 is 0. The molecule has 1 amide bonds. The monoisotopic (exact) mass is 383 g/mol. The van der Waals surface area contributed by atoms with Crippen molar-refractivity contribution < 1.29 is 13.9 Å². The Balaban J connectivity index is 1.76. The van der Waals surface area contributed by atoms with Crippen LogP contribution in [0.25, 0.3) is 5.69 Å². The third-order valence-corrected chi connectivity index (χ3v) is 5.19. The maximum Gasteiger partial charge on any atom is 0.272 e. The van der Waals surface area contributed by atoms with E-state index in [4.69, 9.17) is 4.74 Å². The number of amides is 1. The Hall–Kier alpha value is -3.00. The zero-order valence-electron chi connectivity index (χ0n) is 16.1. The minimum Gasteiger partial charge on any atom is -0.377 e. The molecule has 1 fully saturated rings. The molecule has 0 bridgehead atoms. The number of ether oxygens (including phenoxy) is 1. The average Bonchev–Trinajstić information content (AvgIpc) is 3.24. The highest BCUT2D eigenvalue weighted by Gasteiger charge is 2.34. The van der Waals surface area contributed by atoms with Gasteiger partial charge in [0, 0.05) is 31.0 Å². The Labute approximate surface area is 162 Å². The normalized spacial score (nSPS) is 17.1. The Kier molecular flexibility index (Phi) is 4.72. The standard InChI is InChI=1S/C20H22FN5O2/c1-13-19(14(2)26(23-13)16-7-5-4-6-15(16)21)18-12-28-11-10-25(18)20(27)17-8-9-22-24(17)3/h4-9,18H,10-12H2,1-3H3/t18-/m1/s1. The molecule has 1 saturated heterocycles. The zero-order valence-corrected chi connectivity index (χ0v) is 16.1. The van der Waals surface area contributed by atoms with E-state index in [1.807, 2.05) is 13.8 Å². The molecule has 1 aromatic carbocycles. The van der Waals surface area contributed by atoms with E-state index in [0.717, 1.165) is 17.0 Å². The van der Waals surface area contributed by atoms with Crippen molar-refractivity contribution >= 4 is 5.91 Å². The molecule has 1 aliphatic rings. The summed E-state index contributed by atoms with van der Waals surface area (Å²) in [6.45, 7) is 5.08. The lowest BCUT2D eigenvalue weighted by atomic mass is 10.0. The molecule has 0 saturated carbocycles. The molecule has 8 heteroatoms. The third kappa shape index (κ3) is 2.99. The first-order valence-corrected chi connectivity index (χ1v) is 9.16. The number of nitrogens with zero attached hydrogens (tertiary/aromatic N) is 5. The number of benzene rings is 1. The molecular weight excluding hydrogens is 361 g/mol. The number of carbonyl (C=O) groups excluding carboxylic acids is 1. The SMILES string of the molecule is Cc1nn(-c2ccccc2F)c(C)c1[C@H]1COCCN1C(=O)c1ccnn1C. The Morgan fingerprint density at radius 1 is 1.25 bits per heavy atom. The fourth-order valence-electron chi connectivity index (χ4n) is 3.81. The van der Waals surface area contributed by atoms with Gasteiger partial charge in [0.05, 0.1) is 24.9 Å². The summed E-state index contributed by atoms with van der Waals surface area (Å²) < 4.78 is 23.2. The second-order valence-electron chi connectivity index (χ2n) is 6.88. The summed E-state index contributed by atoms with van der Waals surface area (Å²) in [7, 11) is 1.75. The van der Waals surface area contributed by atoms with Crippen LogP contribution in [-0.4, -0.2) is 50.1 Å². The number of hydrogen-bond donors (Lipinski definition) is 0. The number of morpholine rings is 1. The average molecular weight is 383 g/mol. The van der Waals surface area contributed by atoms with Gasteiger partial charge in [0.15, 0.2) is 0 Å². The van der Waals surface area contributed by atoms with E-state index < -0.39 is 0 Å². The highest BCUT2D eigenvalue weighted by molar-refractivity contribution is 5.93. The predicted octanol–water partition coefficient (Wildman–Crippen LogP) is 2.58. The molecule has 7 nitrogen and oxygen atoms in total. The van der Waals surface area contributed by atoms with Gasteiger partial charge in [-0.3, -0.25) is 9.48 Å². The smallest absolute Gasteiger partial charge is 0.272 e. The number of rotatable bonds is 3. The van der Waals surface area contributed by atoms with E-state index in [2.05, 4.69) is 10.2 Å². The molecule has 0 N–H and O–H groups in total.